The molecule has 1 aromatic carbocycles. The molecule has 0 spiro atoms. The summed E-state index contributed by atoms with van der Waals surface area (Å²) < 4.78 is 0. The summed E-state index contributed by atoms with van der Waals surface area (Å²) in [5, 5.41) is 11.4. The quantitative estimate of drug-likeness (QED) is 0.479. The van der Waals surface area contributed by atoms with Gasteiger partial charge in [0.25, 0.3) is 11.6 Å². The van der Waals surface area contributed by atoms with Crippen LogP contribution in [0.4, 0.5) is 11.4 Å². The molecule has 2 heterocycles. The van der Waals surface area contributed by atoms with Crippen LogP contribution in [0, 0.1) is 33.3 Å². The van der Waals surface area contributed by atoms with Gasteiger partial charge in [-0.05, 0) is 81.6 Å². The largest absolute Gasteiger partial charge is 0.371 e. The highest BCUT2D eigenvalue weighted by molar-refractivity contribution is 6.00. The zero-order valence-corrected chi connectivity index (χ0v) is 20.5. The van der Waals surface area contributed by atoms with Gasteiger partial charge in [0.15, 0.2) is 0 Å². The molecule has 4 saturated carbocycles. The summed E-state index contributed by atoms with van der Waals surface area (Å²) in [4.78, 5) is 44.3. The molecule has 0 aromatic heterocycles. The molecular weight excluding hydrogens is 444 g/mol. The first-order valence-electron chi connectivity index (χ1n) is 13.5. The summed E-state index contributed by atoms with van der Waals surface area (Å²) >= 11 is 0. The molecule has 2 aliphatic heterocycles. The number of anilines is 1. The lowest BCUT2D eigenvalue weighted by molar-refractivity contribution is -0.384. The minimum atomic E-state index is -0.432. The fourth-order valence-corrected chi connectivity index (χ4v) is 8.21. The Morgan fingerprint density at radius 2 is 1.40 bits per heavy atom. The Morgan fingerprint density at radius 3 is 1.97 bits per heavy atom. The molecule has 0 unspecified atom stereocenters. The molecule has 0 N–H and O–H groups in total. The maximum atomic E-state index is 13.7. The van der Waals surface area contributed by atoms with Gasteiger partial charge in [-0.15, -0.1) is 0 Å². The van der Waals surface area contributed by atoms with Crippen LogP contribution in [0.25, 0.3) is 0 Å². The molecule has 6 aliphatic rings. The van der Waals surface area contributed by atoms with E-state index in [1.165, 1.54) is 37.8 Å². The van der Waals surface area contributed by atoms with Crippen molar-refractivity contribution >= 4 is 23.2 Å². The average Bonchev–Trinajstić information content (AvgIpc) is 2.87. The van der Waals surface area contributed by atoms with Crippen LogP contribution in [-0.2, 0) is 4.79 Å². The minimum Gasteiger partial charge on any atom is -0.371 e. The second-order valence-electron chi connectivity index (χ2n) is 11.8. The van der Waals surface area contributed by atoms with Crippen molar-refractivity contribution in [3.8, 4) is 0 Å². The number of hydrogen-bond donors (Lipinski definition) is 0. The maximum absolute atomic E-state index is 13.7. The standard InChI is InChI=1S/C27H36N4O4/c32-25(23-15-22(31(34)35)4-5-24(23)28-6-2-1-3-7-28)29-8-10-30(11-9-29)26(33)27-16-19-12-20(17-27)14-21(13-19)18-27/h4-5,15,19-21H,1-3,6-14,16-18H2. The van der Waals surface area contributed by atoms with Gasteiger partial charge >= 0.3 is 0 Å². The molecule has 8 heteroatoms. The number of carbonyl (C=O) groups is 2. The number of benzene rings is 1. The van der Waals surface area contributed by atoms with Crippen molar-refractivity contribution < 1.29 is 14.5 Å². The highest BCUT2D eigenvalue weighted by Crippen LogP contribution is 2.60. The Hall–Kier alpha value is -2.64. The van der Waals surface area contributed by atoms with Gasteiger partial charge in [0.1, 0.15) is 0 Å². The van der Waals surface area contributed by atoms with Crippen molar-refractivity contribution in [3.05, 3.63) is 33.9 Å². The number of amides is 2. The molecule has 0 radical (unpaired) electrons. The van der Waals surface area contributed by atoms with Crippen molar-refractivity contribution in [2.75, 3.05) is 44.2 Å². The molecule has 6 fully saturated rings. The number of piperidine rings is 1. The van der Waals surface area contributed by atoms with Crippen LogP contribution in [-0.4, -0.2) is 65.8 Å². The third-order valence-electron chi connectivity index (χ3n) is 9.46. The predicted molar refractivity (Wildman–Crippen MR) is 132 cm³/mol. The van der Waals surface area contributed by atoms with E-state index in [1.807, 2.05) is 4.90 Å². The van der Waals surface area contributed by atoms with E-state index < -0.39 is 4.92 Å². The van der Waals surface area contributed by atoms with Crippen LogP contribution in [0.1, 0.15) is 68.1 Å². The molecule has 2 amide bonds. The van der Waals surface area contributed by atoms with E-state index in [0.29, 0.717) is 37.6 Å². The van der Waals surface area contributed by atoms with Crippen molar-refractivity contribution in [1.82, 2.24) is 9.80 Å². The first-order valence-corrected chi connectivity index (χ1v) is 13.5. The number of rotatable bonds is 4. The van der Waals surface area contributed by atoms with E-state index in [2.05, 4.69) is 4.90 Å². The lowest BCUT2D eigenvalue weighted by atomic mass is 9.49. The van der Waals surface area contributed by atoms with Gasteiger partial charge in [0.2, 0.25) is 5.91 Å². The van der Waals surface area contributed by atoms with E-state index in [9.17, 15) is 19.7 Å². The Balaban J connectivity index is 1.16. The smallest absolute Gasteiger partial charge is 0.270 e. The van der Waals surface area contributed by atoms with E-state index >= 15 is 0 Å². The SMILES string of the molecule is O=C(c1cc([N+](=O)[O-])ccc1N1CCCCC1)N1CCN(C(=O)C23CC4CC(CC(C4)C2)C3)CC1. The number of piperazine rings is 1. The van der Waals surface area contributed by atoms with Crippen LogP contribution >= 0.6 is 0 Å². The summed E-state index contributed by atoms with van der Waals surface area (Å²) in [5.74, 6) is 2.37. The molecule has 4 aliphatic carbocycles. The van der Waals surface area contributed by atoms with Crippen LogP contribution < -0.4 is 4.90 Å². The summed E-state index contributed by atoms with van der Waals surface area (Å²) in [7, 11) is 0. The molecule has 188 valence electrons. The normalized spacial score (nSPS) is 32.1. The number of nitrogens with zero attached hydrogens (tertiary/aromatic N) is 4. The summed E-state index contributed by atoms with van der Waals surface area (Å²) in [6.45, 7) is 3.82. The number of carbonyl (C=O) groups excluding carboxylic acids is 2. The first kappa shape index (κ1) is 22.8. The first-order chi connectivity index (χ1) is 16.9. The number of hydrogen-bond acceptors (Lipinski definition) is 5. The molecule has 8 nitrogen and oxygen atoms in total. The van der Waals surface area contributed by atoms with Gasteiger partial charge in [0, 0.05) is 51.4 Å². The maximum Gasteiger partial charge on any atom is 0.270 e. The lowest BCUT2D eigenvalue weighted by Gasteiger charge is -2.57. The molecule has 4 bridgehead atoms. The third-order valence-corrected chi connectivity index (χ3v) is 9.46. The molecule has 35 heavy (non-hydrogen) atoms. The highest BCUT2D eigenvalue weighted by atomic mass is 16.6. The average molecular weight is 481 g/mol. The van der Waals surface area contributed by atoms with Gasteiger partial charge in [-0.25, -0.2) is 0 Å². The molecule has 0 atom stereocenters. The van der Waals surface area contributed by atoms with E-state index in [0.717, 1.165) is 68.6 Å². The van der Waals surface area contributed by atoms with Crippen LogP contribution in [0.5, 0.6) is 0 Å². The van der Waals surface area contributed by atoms with Gasteiger partial charge in [-0.3, -0.25) is 19.7 Å². The van der Waals surface area contributed by atoms with E-state index in [1.54, 1.807) is 11.0 Å². The van der Waals surface area contributed by atoms with Gasteiger partial charge < -0.3 is 14.7 Å². The summed E-state index contributed by atoms with van der Waals surface area (Å²) in [5.41, 5.74) is 1.02. The number of nitro benzene ring substituents is 1. The predicted octanol–water partition coefficient (Wildman–Crippen LogP) is 4.09. The zero-order chi connectivity index (χ0) is 24.2. The van der Waals surface area contributed by atoms with Gasteiger partial charge in [0.05, 0.1) is 21.6 Å². The number of non-ortho nitro benzene ring substituents is 1. The fraction of sp³-hybridized carbons (Fsp3) is 0.704. The van der Waals surface area contributed by atoms with Crippen molar-refractivity contribution in [3.63, 3.8) is 0 Å². The topological polar surface area (TPSA) is 87.0 Å². The minimum absolute atomic E-state index is 0.0512. The third kappa shape index (κ3) is 4.08. The fourth-order valence-electron chi connectivity index (χ4n) is 8.21. The van der Waals surface area contributed by atoms with Gasteiger partial charge in [-0.2, -0.15) is 0 Å². The zero-order valence-electron chi connectivity index (χ0n) is 20.5. The molecule has 2 saturated heterocycles. The van der Waals surface area contributed by atoms with Gasteiger partial charge in [-0.1, -0.05) is 0 Å². The van der Waals surface area contributed by atoms with Crippen molar-refractivity contribution in [2.24, 2.45) is 23.2 Å². The highest BCUT2D eigenvalue weighted by Gasteiger charge is 2.55. The number of nitro groups is 1. The summed E-state index contributed by atoms with van der Waals surface area (Å²) in [6.07, 6.45) is 10.4. The Labute approximate surface area is 206 Å². The monoisotopic (exact) mass is 480 g/mol. The second kappa shape index (κ2) is 8.79. The Kier molecular flexibility index (Phi) is 5.72. The Morgan fingerprint density at radius 1 is 0.829 bits per heavy atom. The van der Waals surface area contributed by atoms with Crippen molar-refractivity contribution in [2.45, 2.75) is 57.8 Å². The van der Waals surface area contributed by atoms with Crippen LogP contribution in [0.2, 0.25) is 0 Å². The molecule has 7 rings (SSSR count). The second-order valence-corrected chi connectivity index (χ2v) is 11.8. The Bertz CT molecular complexity index is 991. The van der Waals surface area contributed by atoms with E-state index in [4.69, 9.17) is 0 Å². The van der Waals surface area contributed by atoms with Crippen molar-refractivity contribution in [1.29, 1.82) is 0 Å². The lowest BCUT2D eigenvalue weighted by Crippen LogP contribution is -2.58. The van der Waals surface area contributed by atoms with Crippen LogP contribution in [0.15, 0.2) is 18.2 Å². The molecule has 1 aromatic rings. The molecular formula is C27H36N4O4. The van der Waals surface area contributed by atoms with E-state index in [-0.39, 0.29) is 17.0 Å². The summed E-state index contributed by atoms with van der Waals surface area (Å²) in [6, 6.07) is 4.69. The van der Waals surface area contributed by atoms with Crippen LogP contribution in [0.3, 0.4) is 0 Å².